The van der Waals surface area contributed by atoms with Gasteiger partial charge >= 0.3 is 0 Å². The van der Waals surface area contributed by atoms with Crippen LogP contribution in [0.1, 0.15) is 17.5 Å². The quantitative estimate of drug-likeness (QED) is 0.729. The SMILES string of the molecule is C1=C(C2=CCc3ccccc32)CCNC1. The maximum Gasteiger partial charge on any atom is 0.0140 e. The van der Waals surface area contributed by atoms with Crippen LogP contribution in [-0.2, 0) is 6.42 Å². The van der Waals surface area contributed by atoms with Crippen LogP contribution in [0.2, 0.25) is 0 Å². The van der Waals surface area contributed by atoms with E-state index in [4.69, 9.17) is 0 Å². The molecule has 1 aliphatic carbocycles. The van der Waals surface area contributed by atoms with Crippen molar-refractivity contribution in [1.29, 1.82) is 0 Å². The molecule has 1 aliphatic heterocycles. The van der Waals surface area contributed by atoms with E-state index in [0.717, 1.165) is 19.5 Å². The Bertz CT molecular complexity index is 440. The summed E-state index contributed by atoms with van der Waals surface area (Å²) in [5.41, 5.74) is 5.93. The van der Waals surface area contributed by atoms with E-state index in [1.54, 1.807) is 0 Å². The van der Waals surface area contributed by atoms with E-state index in [9.17, 15) is 0 Å². The minimum atomic E-state index is 1.02. The summed E-state index contributed by atoms with van der Waals surface area (Å²) in [5.74, 6) is 0. The molecule has 0 saturated heterocycles. The second-order valence-electron chi connectivity index (χ2n) is 4.16. The van der Waals surface area contributed by atoms with E-state index in [0.29, 0.717) is 0 Å². The first-order valence-electron chi connectivity index (χ1n) is 5.64. The third-order valence-corrected chi connectivity index (χ3v) is 3.24. The Hall–Kier alpha value is -1.34. The second-order valence-corrected chi connectivity index (χ2v) is 4.16. The molecule has 0 radical (unpaired) electrons. The van der Waals surface area contributed by atoms with Crippen LogP contribution in [0.3, 0.4) is 0 Å². The van der Waals surface area contributed by atoms with Crippen LogP contribution in [0.15, 0.2) is 42.0 Å². The van der Waals surface area contributed by atoms with Crippen molar-refractivity contribution in [1.82, 2.24) is 5.32 Å². The molecule has 0 fully saturated rings. The molecule has 1 aromatic carbocycles. The molecule has 15 heavy (non-hydrogen) atoms. The lowest BCUT2D eigenvalue weighted by atomic mass is 9.95. The lowest BCUT2D eigenvalue weighted by Gasteiger charge is -2.16. The van der Waals surface area contributed by atoms with Gasteiger partial charge in [-0.05, 0) is 41.7 Å². The summed E-state index contributed by atoms with van der Waals surface area (Å²) < 4.78 is 0. The molecule has 0 unspecified atom stereocenters. The molecule has 1 nitrogen and oxygen atoms in total. The minimum Gasteiger partial charge on any atom is -0.313 e. The van der Waals surface area contributed by atoms with Gasteiger partial charge in [0.25, 0.3) is 0 Å². The van der Waals surface area contributed by atoms with Crippen LogP contribution in [0.5, 0.6) is 0 Å². The van der Waals surface area contributed by atoms with Gasteiger partial charge < -0.3 is 5.32 Å². The zero-order valence-electron chi connectivity index (χ0n) is 8.79. The summed E-state index contributed by atoms with van der Waals surface area (Å²) in [6.07, 6.45) is 6.98. The molecular weight excluding hydrogens is 182 g/mol. The third kappa shape index (κ3) is 1.53. The standard InChI is InChI=1S/C14H15N/c1-2-4-13-11(3-1)5-6-14(13)12-7-9-15-10-8-12/h1-4,6-7,15H,5,8-10H2. The maximum atomic E-state index is 3.36. The van der Waals surface area contributed by atoms with Gasteiger partial charge in [0.1, 0.15) is 0 Å². The summed E-state index contributed by atoms with van der Waals surface area (Å²) in [7, 11) is 0. The fourth-order valence-electron chi connectivity index (χ4n) is 2.45. The Balaban J connectivity index is 1.99. The van der Waals surface area contributed by atoms with Gasteiger partial charge in [0, 0.05) is 6.54 Å². The molecule has 1 heteroatoms. The predicted octanol–water partition coefficient (Wildman–Crippen LogP) is 2.55. The third-order valence-electron chi connectivity index (χ3n) is 3.24. The highest BCUT2D eigenvalue weighted by atomic mass is 14.8. The highest BCUT2D eigenvalue weighted by molar-refractivity contribution is 5.84. The highest BCUT2D eigenvalue weighted by Crippen LogP contribution is 2.34. The molecule has 0 bridgehead atoms. The highest BCUT2D eigenvalue weighted by Gasteiger charge is 2.17. The predicted molar refractivity (Wildman–Crippen MR) is 63.7 cm³/mol. The summed E-state index contributed by atoms with van der Waals surface area (Å²) in [5, 5.41) is 3.36. The van der Waals surface area contributed by atoms with Gasteiger partial charge in [-0.25, -0.2) is 0 Å². The lowest BCUT2D eigenvalue weighted by Crippen LogP contribution is -2.20. The number of benzene rings is 1. The average molecular weight is 197 g/mol. The molecule has 0 spiro atoms. The molecule has 1 N–H and O–H groups in total. The van der Waals surface area contributed by atoms with Crippen molar-refractivity contribution in [2.75, 3.05) is 13.1 Å². The summed E-state index contributed by atoms with van der Waals surface area (Å²) in [6.45, 7) is 2.14. The van der Waals surface area contributed by atoms with Gasteiger partial charge in [-0.15, -0.1) is 0 Å². The van der Waals surface area contributed by atoms with Crippen LogP contribution in [-0.4, -0.2) is 13.1 Å². The van der Waals surface area contributed by atoms with E-state index in [-0.39, 0.29) is 0 Å². The topological polar surface area (TPSA) is 12.0 Å². The van der Waals surface area contributed by atoms with Crippen molar-refractivity contribution in [3.05, 3.63) is 53.1 Å². The van der Waals surface area contributed by atoms with Crippen molar-refractivity contribution >= 4 is 5.57 Å². The number of hydrogen-bond donors (Lipinski definition) is 1. The fraction of sp³-hybridized carbons (Fsp3) is 0.286. The van der Waals surface area contributed by atoms with Crippen molar-refractivity contribution < 1.29 is 0 Å². The summed E-state index contributed by atoms with van der Waals surface area (Å²) in [6, 6.07) is 8.75. The van der Waals surface area contributed by atoms with Crippen molar-refractivity contribution in [3.63, 3.8) is 0 Å². The first-order chi connectivity index (χ1) is 7.45. The number of rotatable bonds is 1. The Morgan fingerprint density at radius 3 is 2.87 bits per heavy atom. The number of fused-ring (bicyclic) bond motifs is 1. The zero-order valence-corrected chi connectivity index (χ0v) is 8.79. The fourth-order valence-corrected chi connectivity index (χ4v) is 2.45. The Kier molecular flexibility index (Phi) is 2.18. The molecule has 0 amide bonds. The van der Waals surface area contributed by atoms with Crippen LogP contribution < -0.4 is 5.32 Å². The molecule has 0 saturated carbocycles. The summed E-state index contributed by atoms with van der Waals surface area (Å²) >= 11 is 0. The largest absolute Gasteiger partial charge is 0.313 e. The number of nitrogens with one attached hydrogen (secondary N) is 1. The van der Waals surface area contributed by atoms with Crippen molar-refractivity contribution in [2.45, 2.75) is 12.8 Å². The van der Waals surface area contributed by atoms with Crippen molar-refractivity contribution in [3.8, 4) is 0 Å². The average Bonchev–Trinajstić information content (AvgIpc) is 2.74. The zero-order chi connectivity index (χ0) is 10.1. The first-order valence-corrected chi connectivity index (χ1v) is 5.64. The van der Waals surface area contributed by atoms with E-state index in [1.165, 1.54) is 28.7 Å². The van der Waals surface area contributed by atoms with E-state index in [2.05, 4.69) is 41.7 Å². The molecule has 1 heterocycles. The Morgan fingerprint density at radius 2 is 2.00 bits per heavy atom. The van der Waals surface area contributed by atoms with Crippen molar-refractivity contribution in [2.24, 2.45) is 0 Å². The van der Waals surface area contributed by atoms with Gasteiger partial charge in [-0.2, -0.15) is 0 Å². The van der Waals surface area contributed by atoms with E-state index >= 15 is 0 Å². The molecular formula is C14H15N. The van der Waals surface area contributed by atoms with Gasteiger partial charge in [-0.3, -0.25) is 0 Å². The maximum absolute atomic E-state index is 3.36. The Morgan fingerprint density at radius 1 is 1.07 bits per heavy atom. The minimum absolute atomic E-state index is 1.02. The molecule has 3 rings (SSSR count). The van der Waals surface area contributed by atoms with E-state index in [1.807, 2.05) is 0 Å². The molecule has 0 aromatic heterocycles. The Labute approximate surface area is 90.5 Å². The van der Waals surface area contributed by atoms with Crippen LogP contribution in [0.25, 0.3) is 5.57 Å². The van der Waals surface area contributed by atoms with Crippen LogP contribution in [0.4, 0.5) is 0 Å². The van der Waals surface area contributed by atoms with Gasteiger partial charge in [0.15, 0.2) is 0 Å². The van der Waals surface area contributed by atoms with Gasteiger partial charge in [0.05, 0.1) is 0 Å². The normalized spacial score (nSPS) is 19.5. The van der Waals surface area contributed by atoms with Gasteiger partial charge in [0.2, 0.25) is 0 Å². The van der Waals surface area contributed by atoms with Crippen LogP contribution in [0, 0.1) is 0 Å². The molecule has 76 valence electrons. The van der Waals surface area contributed by atoms with Gasteiger partial charge in [-0.1, -0.05) is 36.4 Å². The molecule has 1 aromatic rings. The first kappa shape index (κ1) is 8.93. The molecule has 0 atom stereocenters. The van der Waals surface area contributed by atoms with E-state index < -0.39 is 0 Å². The van der Waals surface area contributed by atoms with Crippen LogP contribution >= 0.6 is 0 Å². The smallest absolute Gasteiger partial charge is 0.0140 e. The monoisotopic (exact) mass is 197 g/mol. The molecule has 2 aliphatic rings. The lowest BCUT2D eigenvalue weighted by molar-refractivity contribution is 0.715. The number of allylic oxidation sites excluding steroid dienone is 2. The second kappa shape index (κ2) is 3.67. The number of hydrogen-bond acceptors (Lipinski definition) is 1. The summed E-state index contributed by atoms with van der Waals surface area (Å²) in [4.78, 5) is 0.